The Hall–Kier alpha value is -1.78. The van der Waals surface area contributed by atoms with Crippen molar-refractivity contribution in [2.24, 2.45) is 10.9 Å². The van der Waals surface area contributed by atoms with Crippen LogP contribution < -0.4 is 10.6 Å². The van der Waals surface area contributed by atoms with Crippen LogP contribution in [0.3, 0.4) is 0 Å². The highest BCUT2D eigenvalue weighted by Gasteiger charge is 2.16. The molecule has 1 heterocycles. The van der Waals surface area contributed by atoms with E-state index in [1.54, 1.807) is 0 Å². The van der Waals surface area contributed by atoms with Crippen molar-refractivity contribution in [2.75, 3.05) is 11.4 Å². The highest BCUT2D eigenvalue weighted by Crippen LogP contribution is 2.23. The molecule has 0 radical (unpaired) electrons. The fourth-order valence-corrected chi connectivity index (χ4v) is 1.92. The van der Waals surface area contributed by atoms with E-state index in [0.717, 1.165) is 5.82 Å². The van der Waals surface area contributed by atoms with Gasteiger partial charge in [0.25, 0.3) is 0 Å². The molecule has 5 nitrogen and oxygen atoms in total. The van der Waals surface area contributed by atoms with Crippen LogP contribution in [-0.2, 0) is 5.41 Å². The first kappa shape index (κ1) is 16.3. The molecule has 0 spiro atoms. The van der Waals surface area contributed by atoms with Gasteiger partial charge in [-0.1, -0.05) is 32.0 Å². The maximum Gasteiger partial charge on any atom is 0.140 e. The Bertz CT molecular complexity index is 446. The second-order valence-corrected chi connectivity index (χ2v) is 6.28. The van der Waals surface area contributed by atoms with Crippen LogP contribution in [0.4, 0.5) is 5.82 Å². The summed E-state index contributed by atoms with van der Waals surface area (Å²) >= 11 is 0. The van der Waals surface area contributed by atoms with Crippen LogP contribution in [0.2, 0.25) is 0 Å². The summed E-state index contributed by atoms with van der Waals surface area (Å²) in [6, 6.07) is 4.45. The van der Waals surface area contributed by atoms with Gasteiger partial charge in [0.1, 0.15) is 11.7 Å². The average Bonchev–Trinajstić information content (AvgIpc) is 2.37. The molecule has 0 aliphatic heterocycles. The maximum atomic E-state index is 8.61. The molecule has 0 bridgehead atoms. The van der Waals surface area contributed by atoms with E-state index in [4.69, 9.17) is 10.9 Å². The van der Waals surface area contributed by atoms with Crippen LogP contribution in [-0.4, -0.2) is 28.6 Å². The molecule has 1 rings (SSSR count). The number of nitrogens with zero attached hydrogens (tertiary/aromatic N) is 3. The molecule has 0 aliphatic carbocycles. The van der Waals surface area contributed by atoms with Gasteiger partial charge in [0.05, 0.1) is 0 Å². The average molecular weight is 278 g/mol. The molecule has 20 heavy (non-hydrogen) atoms. The summed E-state index contributed by atoms with van der Waals surface area (Å²) in [5, 5.41) is 11.6. The Balaban J connectivity index is 2.87. The second kappa shape index (κ2) is 6.59. The number of anilines is 1. The van der Waals surface area contributed by atoms with Gasteiger partial charge in [-0.05, 0) is 30.9 Å². The van der Waals surface area contributed by atoms with Gasteiger partial charge in [0.15, 0.2) is 0 Å². The van der Waals surface area contributed by atoms with Crippen molar-refractivity contribution in [1.82, 2.24) is 4.98 Å². The van der Waals surface area contributed by atoms with Crippen molar-refractivity contribution in [3.8, 4) is 0 Å². The molecule has 0 fully saturated rings. The minimum Gasteiger partial charge on any atom is -0.409 e. The quantitative estimate of drug-likeness (QED) is 0.376. The zero-order valence-corrected chi connectivity index (χ0v) is 13.1. The SMILES string of the molecule is CC(C)N(CC/C(N)=N/O)c1ccc(C(C)(C)C)cn1. The molecule has 3 N–H and O–H groups in total. The van der Waals surface area contributed by atoms with Crippen molar-refractivity contribution in [1.29, 1.82) is 0 Å². The molecular weight excluding hydrogens is 252 g/mol. The lowest BCUT2D eigenvalue weighted by Gasteiger charge is -2.28. The van der Waals surface area contributed by atoms with Crippen LogP contribution in [0.25, 0.3) is 0 Å². The van der Waals surface area contributed by atoms with E-state index in [-0.39, 0.29) is 11.3 Å². The fraction of sp³-hybridized carbons (Fsp3) is 0.600. The Kier molecular flexibility index (Phi) is 5.36. The lowest BCUT2D eigenvalue weighted by molar-refractivity contribution is 0.317. The second-order valence-electron chi connectivity index (χ2n) is 6.28. The lowest BCUT2D eigenvalue weighted by atomic mass is 9.88. The molecule has 0 aromatic carbocycles. The molecule has 0 unspecified atom stereocenters. The molecular formula is C15H26N4O. The van der Waals surface area contributed by atoms with Crippen LogP contribution in [0.1, 0.15) is 46.6 Å². The molecule has 1 aromatic rings. The third kappa shape index (κ3) is 4.40. The first-order valence-corrected chi connectivity index (χ1v) is 6.95. The largest absolute Gasteiger partial charge is 0.409 e. The summed E-state index contributed by atoms with van der Waals surface area (Å²) in [5.74, 6) is 1.15. The van der Waals surface area contributed by atoms with Crippen molar-refractivity contribution in [3.63, 3.8) is 0 Å². The highest BCUT2D eigenvalue weighted by atomic mass is 16.4. The number of hydrogen-bond donors (Lipinski definition) is 2. The van der Waals surface area contributed by atoms with Gasteiger partial charge < -0.3 is 15.8 Å². The maximum absolute atomic E-state index is 8.61. The van der Waals surface area contributed by atoms with Crippen LogP contribution in [0.15, 0.2) is 23.5 Å². The molecule has 0 saturated carbocycles. The monoisotopic (exact) mass is 278 g/mol. The number of pyridine rings is 1. The van der Waals surface area contributed by atoms with Crippen molar-refractivity contribution in [2.45, 2.75) is 52.5 Å². The number of hydrogen-bond acceptors (Lipinski definition) is 4. The molecule has 0 saturated heterocycles. The Morgan fingerprint density at radius 3 is 2.45 bits per heavy atom. The van der Waals surface area contributed by atoms with E-state index in [9.17, 15) is 0 Å². The number of aromatic nitrogens is 1. The Morgan fingerprint density at radius 1 is 1.40 bits per heavy atom. The summed E-state index contributed by atoms with van der Waals surface area (Å²) in [7, 11) is 0. The molecule has 112 valence electrons. The predicted molar refractivity (Wildman–Crippen MR) is 83.4 cm³/mol. The van der Waals surface area contributed by atoms with Crippen molar-refractivity contribution >= 4 is 11.7 Å². The fourth-order valence-electron chi connectivity index (χ4n) is 1.92. The van der Waals surface area contributed by atoms with E-state index in [1.165, 1.54) is 5.56 Å². The number of amidine groups is 1. The Morgan fingerprint density at radius 2 is 2.05 bits per heavy atom. The van der Waals surface area contributed by atoms with E-state index in [2.05, 4.69) is 55.7 Å². The van der Waals surface area contributed by atoms with E-state index >= 15 is 0 Å². The standard InChI is InChI=1S/C15H26N4O/c1-11(2)19(9-8-13(16)18-20)14-7-6-12(10-17-14)15(3,4)5/h6-7,10-11,20H,8-9H2,1-5H3,(H2,16,18). The van der Waals surface area contributed by atoms with Crippen LogP contribution in [0.5, 0.6) is 0 Å². The molecule has 5 heteroatoms. The number of rotatable bonds is 5. The zero-order valence-electron chi connectivity index (χ0n) is 13.1. The molecule has 0 amide bonds. The van der Waals surface area contributed by atoms with Gasteiger partial charge in [-0.25, -0.2) is 4.98 Å². The minimum absolute atomic E-state index is 0.0994. The molecule has 1 aromatic heterocycles. The molecule has 0 atom stereocenters. The van der Waals surface area contributed by atoms with E-state index in [1.807, 2.05) is 12.3 Å². The van der Waals surface area contributed by atoms with Gasteiger partial charge in [-0.2, -0.15) is 0 Å². The highest BCUT2D eigenvalue weighted by molar-refractivity contribution is 5.80. The first-order valence-electron chi connectivity index (χ1n) is 6.95. The predicted octanol–water partition coefficient (Wildman–Crippen LogP) is 2.73. The minimum atomic E-state index is 0.0994. The van der Waals surface area contributed by atoms with Gasteiger partial charge in [-0.3, -0.25) is 0 Å². The van der Waals surface area contributed by atoms with Crippen LogP contribution >= 0.6 is 0 Å². The van der Waals surface area contributed by atoms with Crippen molar-refractivity contribution in [3.05, 3.63) is 23.9 Å². The summed E-state index contributed by atoms with van der Waals surface area (Å²) in [6.45, 7) is 11.4. The molecule has 0 aliphatic rings. The number of nitrogens with two attached hydrogens (primary N) is 1. The van der Waals surface area contributed by atoms with Gasteiger partial charge in [0.2, 0.25) is 0 Å². The normalized spacial score (nSPS) is 12.8. The smallest absolute Gasteiger partial charge is 0.140 e. The van der Waals surface area contributed by atoms with E-state index in [0.29, 0.717) is 19.0 Å². The van der Waals surface area contributed by atoms with Gasteiger partial charge in [0, 0.05) is 25.2 Å². The van der Waals surface area contributed by atoms with Crippen molar-refractivity contribution < 1.29 is 5.21 Å². The zero-order chi connectivity index (χ0) is 15.3. The van der Waals surface area contributed by atoms with E-state index < -0.39 is 0 Å². The topological polar surface area (TPSA) is 74.7 Å². The van der Waals surface area contributed by atoms with Crippen LogP contribution in [0, 0.1) is 0 Å². The third-order valence-corrected chi connectivity index (χ3v) is 3.27. The first-order chi connectivity index (χ1) is 9.25. The summed E-state index contributed by atoms with van der Waals surface area (Å²) in [5.41, 5.74) is 6.84. The lowest BCUT2D eigenvalue weighted by Crippen LogP contribution is -2.34. The summed E-state index contributed by atoms with van der Waals surface area (Å²) in [6.07, 6.45) is 2.44. The van der Waals surface area contributed by atoms with Gasteiger partial charge >= 0.3 is 0 Å². The summed E-state index contributed by atoms with van der Waals surface area (Å²) < 4.78 is 0. The summed E-state index contributed by atoms with van der Waals surface area (Å²) in [4.78, 5) is 6.70. The third-order valence-electron chi connectivity index (χ3n) is 3.27. The van der Waals surface area contributed by atoms with Gasteiger partial charge in [-0.15, -0.1) is 0 Å². The number of oxime groups is 1. The Labute approximate surface area is 121 Å².